The predicted octanol–water partition coefficient (Wildman–Crippen LogP) is 5.20. The zero-order chi connectivity index (χ0) is 19.5. The quantitative estimate of drug-likeness (QED) is 0.753. The minimum atomic E-state index is -4.45. The molecule has 0 saturated heterocycles. The van der Waals surface area contributed by atoms with Gasteiger partial charge in [-0.15, -0.1) is 0 Å². The van der Waals surface area contributed by atoms with Crippen molar-refractivity contribution in [2.75, 3.05) is 0 Å². The van der Waals surface area contributed by atoms with E-state index < -0.39 is 23.6 Å². The first kappa shape index (κ1) is 20.0. The Kier molecular flexibility index (Phi) is 5.79. The SMILES string of the molecule is CCC(C)(C)c1ccc(CC(C(N)=O)c2cccc(C(F)(F)F)c2)cc1. The lowest BCUT2D eigenvalue weighted by Gasteiger charge is -2.23. The Balaban J connectivity index is 2.28. The van der Waals surface area contributed by atoms with E-state index in [9.17, 15) is 18.0 Å². The monoisotopic (exact) mass is 363 g/mol. The second-order valence-electron chi connectivity index (χ2n) is 7.22. The van der Waals surface area contributed by atoms with Crippen molar-refractivity contribution in [1.29, 1.82) is 0 Å². The molecule has 2 N–H and O–H groups in total. The third-order valence-electron chi connectivity index (χ3n) is 5.02. The van der Waals surface area contributed by atoms with Gasteiger partial charge in [-0.1, -0.05) is 63.2 Å². The van der Waals surface area contributed by atoms with Gasteiger partial charge in [-0.25, -0.2) is 0 Å². The summed E-state index contributed by atoms with van der Waals surface area (Å²) in [5, 5.41) is 0. The van der Waals surface area contributed by atoms with Gasteiger partial charge in [-0.3, -0.25) is 4.79 Å². The van der Waals surface area contributed by atoms with E-state index in [-0.39, 0.29) is 17.4 Å². The van der Waals surface area contributed by atoms with E-state index in [1.54, 1.807) is 0 Å². The molecule has 1 amide bonds. The standard InChI is InChI=1S/C21H24F3NO/c1-4-20(2,3)16-10-8-14(9-11-16)12-18(19(25)26)15-6-5-7-17(13-15)21(22,23)24/h5-11,13,18H,4,12H2,1-3H3,(H2,25,26). The van der Waals surface area contributed by atoms with Crippen LogP contribution in [-0.2, 0) is 22.8 Å². The summed E-state index contributed by atoms with van der Waals surface area (Å²) in [6.45, 7) is 6.42. The smallest absolute Gasteiger partial charge is 0.369 e. The number of hydrogen-bond acceptors (Lipinski definition) is 1. The van der Waals surface area contributed by atoms with E-state index in [1.165, 1.54) is 17.7 Å². The molecule has 0 bridgehead atoms. The van der Waals surface area contributed by atoms with Crippen LogP contribution < -0.4 is 5.73 Å². The van der Waals surface area contributed by atoms with Crippen LogP contribution in [0.15, 0.2) is 48.5 Å². The number of amides is 1. The number of rotatable bonds is 6. The molecular weight excluding hydrogens is 339 g/mol. The van der Waals surface area contributed by atoms with E-state index in [2.05, 4.69) is 20.8 Å². The van der Waals surface area contributed by atoms with E-state index >= 15 is 0 Å². The molecule has 2 aromatic rings. The molecule has 0 aromatic heterocycles. The first-order valence-electron chi connectivity index (χ1n) is 8.60. The molecule has 0 aliphatic rings. The fourth-order valence-electron chi connectivity index (χ4n) is 2.85. The van der Waals surface area contributed by atoms with Crippen LogP contribution in [0, 0.1) is 0 Å². The lowest BCUT2D eigenvalue weighted by molar-refractivity contribution is -0.137. The summed E-state index contributed by atoms with van der Waals surface area (Å²) in [5.74, 6) is -1.44. The van der Waals surface area contributed by atoms with Crippen LogP contribution in [0.5, 0.6) is 0 Å². The van der Waals surface area contributed by atoms with Gasteiger partial charge in [0.25, 0.3) is 0 Å². The Bertz CT molecular complexity index is 764. The van der Waals surface area contributed by atoms with Crippen LogP contribution >= 0.6 is 0 Å². The van der Waals surface area contributed by atoms with Crippen molar-refractivity contribution < 1.29 is 18.0 Å². The number of halogens is 3. The second kappa shape index (κ2) is 7.52. The third-order valence-corrected chi connectivity index (χ3v) is 5.02. The highest BCUT2D eigenvalue weighted by molar-refractivity contribution is 5.82. The summed E-state index contributed by atoms with van der Waals surface area (Å²) < 4.78 is 38.8. The lowest BCUT2D eigenvalue weighted by atomic mass is 9.81. The Morgan fingerprint density at radius 1 is 1.04 bits per heavy atom. The van der Waals surface area contributed by atoms with Gasteiger partial charge in [-0.2, -0.15) is 13.2 Å². The topological polar surface area (TPSA) is 43.1 Å². The Morgan fingerprint density at radius 3 is 2.15 bits per heavy atom. The van der Waals surface area contributed by atoms with Crippen molar-refractivity contribution in [3.8, 4) is 0 Å². The number of carbonyl (C=O) groups excluding carboxylic acids is 1. The maximum atomic E-state index is 12.9. The number of nitrogens with two attached hydrogens (primary N) is 1. The molecule has 2 aromatic carbocycles. The average Bonchev–Trinajstić information content (AvgIpc) is 2.59. The van der Waals surface area contributed by atoms with Crippen LogP contribution in [0.3, 0.4) is 0 Å². The number of carbonyl (C=O) groups is 1. The molecule has 0 heterocycles. The minimum absolute atomic E-state index is 0.0443. The summed E-state index contributed by atoms with van der Waals surface area (Å²) in [7, 11) is 0. The summed E-state index contributed by atoms with van der Waals surface area (Å²) in [5.41, 5.74) is 7.07. The average molecular weight is 363 g/mol. The molecule has 5 heteroatoms. The summed E-state index contributed by atoms with van der Waals surface area (Å²) >= 11 is 0. The van der Waals surface area contributed by atoms with E-state index in [4.69, 9.17) is 5.73 Å². The van der Waals surface area contributed by atoms with Gasteiger partial charge in [0, 0.05) is 0 Å². The summed E-state index contributed by atoms with van der Waals surface area (Å²) in [4.78, 5) is 11.9. The lowest BCUT2D eigenvalue weighted by Crippen LogP contribution is -2.24. The fraction of sp³-hybridized carbons (Fsp3) is 0.381. The molecule has 0 radical (unpaired) electrons. The van der Waals surface area contributed by atoms with E-state index in [0.717, 1.165) is 24.1 Å². The third kappa shape index (κ3) is 4.65. The Hall–Kier alpha value is -2.30. The molecule has 0 aliphatic heterocycles. The molecule has 0 saturated carbocycles. The predicted molar refractivity (Wildman–Crippen MR) is 96.8 cm³/mol. The molecule has 2 nitrogen and oxygen atoms in total. The fourth-order valence-corrected chi connectivity index (χ4v) is 2.85. The zero-order valence-corrected chi connectivity index (χ0v) is 15.2. The van der Waals surface area contributed by atoms with Gasteiger partial charge in [-0.05, 0) is 41.0 Å². The number of alkyl halides is 3. The van der Waals surface area contributed by atoms with Gasteiger partial charge < -0.3 is 5.73 Å². The van der Waals surface area contributed by atoms with E-state index in [1.807, 2.05) is 24.3 Å². The van der Waals surface area contributed by atoms with Crippen LogP contribution in [-0.4, -0.2) is 5.91 Å². The van der Waals surface area contributed by atoms with Crippen LogP contribution in [0.1, 0.15) is 55.4 Å². The Morgan fingerprint density at radius 2 is 1.65 bits per heavy atom. The van der Waals surface area contributed by atoms with Crippen LogP contribution in [0.2, 0.25) is 0 Å². The summed E-state index contributed by atoms with van der Waals surface area (Å²) in [6, 6.07) is 12.6. The first-order chi connectivity index (χ1) is 12.0. The van der Waals surface area contributed by atoms with Crippen molar-refractivity contribution >= 4 is 5.91 Å². The van der Waals surface area contributed by atoms with Crippen molar-refractivity contribution in [1.82, 2.24) is 0 Å². The number of benzene rings is 2. The maximum absolute atomic E-state index is 12.9. The van der Waals surface area contributed by atoms with Crippen molar-refractivity contribution in [2.24, 2.45) is 5.73 Å². The largest absolute Gasteiger partial charge is 0.416 e. The minimum Gasteiger partial charge on any atom is -0.369 e. The van der Waals surface area contributed by atoms with Gasteiger partial charge >= 0.3 is 6.18 Å². The van der Waals surface area contributed by atoms with Gasteiger partial charge in [0.15, 0.2) is 0 Å². The van der Waals surface area contributed by atoms with E-state index in [0.29, 0.717) is 0 Å². The van der Waals surface area contributed by atoms with Crippen molar-refractivity contribution in [3.05, 3.63) is 70.8 Å². The molecule has 0 fully saturated rings. The number of primary amides is 1. The highest BCUT2D eigenvalue weighted by Crippen LogP contribution is 2.32. The van der Waals surface area contributed by atoms with Gasteiger partial charge in [0.2, 0.25) is 5.91 Å². The zero-order valence-electron chi connectivity index (χ0n) is 15.2. The number of hydrogen-bond donors (Lipinski definition) is 1. The maximum Gasteiger partial charge on any atom is 0.416 e. The highest BCUT2D eigenvalue weighted by Gasteiger charge is 2.31. The highest BCUT2D eigenvalue weighted by atomic mass is 19.4. The van der Waals surface area contributed by atoms with Crippen LogP contribution in [0.4, 0.5) is 13.2 Å². The first-order valence-corrected chi connectivity index (χ1v) is 8.60. The molecule has 0 aliphatic carbocycles. The molecule has 0 spiro atoms. The van der Waals surface area contributed by atoms with Gasteiger partial charge in [0.05, 0.1) is 11.5 Å². The Labute approximate surface area is 152 Å². The molecular formula is C21H24F3NO. The normalized spacial score (nSPS) is 13.5. The van der Waals surface area contributed by atoms with Crippen molar-refractivity contribution in [2.45, 2.75) is 51.1 Å². The molecule has 26 heavy (non-hydrogen) atoms. The second-order valence-corrected chi connectivity index (χ2v) is 7.22. The molecule has 1 unspecified atom stereocenters. The van der Waals surface area contributed by atoms with Crippen molar-refractivity contribution in [3.63, 3.8) is 0 Å². The molecule has 1 atom stereocenters. The molecule has 140 valence electrons. The van der Waals surface area contributed by atoms with Crippen LogP contribution in [0.25, 0.3) is 0 Å². The summed E-state index contributed by atoms with van der Waals surface area (Å²) in [6.07, 6.45) is -3.20. The van der Waals surface area contributed by atoms with Gasteiger partial charge in [0.1, 0.15) is 0 Å². The molecule has 2 rings (SSSR count).